The van der Waals surface area contributed by atoms with Crippen LogP contribution in [0.3, 0.4) is 0 Å². The lowest BCUT2D eigenvalue weighted by Crippen LogP contribution is -2.34. The highest BCUT2D eigenvalue weighted by Crippen LogP contribution is 2.22. The number of halogens is 2. The van der Waals surface area contributed by atoms with Crippen molar-refractivity contribution in [2.45, 2.75) is 27.7 Å². The average Bonchev–Trinajstić information content (AvgIpc) is 2.40. The maximum absolute atomic E-state index is 12.0. The van der Waals surface area contributed by atoms with Crippen LogP contribution < -0.4 is 0 Å². The number of hydrogen-bond donors (Lipinski definition) is 0. The summed E-state index contributed by atoms with van der Waals surface area (Å²) in [6, 6.07) is 4.76. The lowest BCUT2D eigenvalue weighted by atomic mass is 10.1. The summed E-state index contributed by atoms with van der Waals surface area (Å²) in [6.45, 7) is 11.9. The molecule has 124 valence electrons. The molecule has 0 aliphatic heterocycles. The van der Waals surface area contributed by atoms with E-state index >= 15 is 0 Å². The first kappa shape index (κ1) is 19.3. The summed E-state index contributed by atoms with van der Waals surface area (Å²) >= 11 is 11.7. The number of carbonyl (C=O) groups excluding carboxylic acids is 1. The van der Waals surface area contributed by atoms with E-state index in [9.17, 15) is 4.79 Å². The van der Waals surface area contributed by atoms with Crippen LogP contribution in [0, 0.1) is 11.8 Å². The van der Waals surface area contributed by atoms with Crippen molar-refractivity contribution in [1.82, 2.24) is 4.90 Å². The fourth-order valence-electron chi connectivity index (χ4n) is 2.26. The van der Waals surface area contributed by atoms with Gasteiger partial charge in [-0.05, 0) is 30.0 Å². The SMILES string of the molecule is CC(C)CN(CCOC(=O)c1ccc(Cl)c(Cl)c1)CC(C)C. The van der Waals surface area contributed by atoms with Crippen LogP contribution in [0.15, 0.2) is 18.2 Å². The summed E-state index contributed by atoms with van der Waals surface area (Å²) in [5, 5.41) is 0.788. The molecule has 0 heterocycles. The number of benzene rings is 1. The fourth-order valence-corrected chi connectivity index (χ4v) is 2.56. The van der Waals surface area contributed by atoms with Crippen molar-refractivity contribution in [3.05, 3.63) is 33.8 Å². The largest absolute Gasteiger partial charge is 0.461 e. The summed E-state index contributed by atoms with van der Waals surface area (Å²) in [5.74, 6) is 0.807. The quantitative estimate of drug-likeness (QED) is 0.636. The van der Waals surface area contributed by atoms with Gasteiger partial charge in [-0.15, -0.1) is 0 Å². The molecule has 0 unspecified atom stereocenters. The second-order valence-corrected chi connectivity index (χ2v) is 7.13. The lowest BCUT2D eigenvalue weighted by Gasteiger charge is -2.25. The van der Waals surface area contributed by atoms with Gasteiger partial charge < -0.3 is 4.74 Å². The van der Waals surface area contributed by atoms with E-state index in [1.165, 1.54) is 6.07 Å². The Labute approximate surface area is 143 Å². The van der Waals surface area contributed by atoms with Crippen LogP contribution in [0.5, 0.6) is 0 Å². The smallest absolute Gasteiger partial charge is 0.338 e. The predicted octanol–water partition coefficient (Wildman–Crippen LogP) is 4.76. The Morgan fingerprint density at radius 2 is 1.68 bits per heavy atom. The van der Waals surface area contributed by atoms with Gasteiger partial charge in [0.25, 0.3) is 0 Å². The molecule has 0 saturated heterocycles. The third kappa shape index (κ3) is 6.99. The van der Waals surface area contributed by atoms with Crippen molar-refractivity contribution in [1.29, 1.82) is 0 Å². The Balaban J connectivity index is 2.49. The molecule has 0 bridgehead atoms. The Morgan fingerprint density at radius 3 is 2.18 bits per heavy atom. The number of rotatable bonds is 8. The Hall–Kier alpha value is -0.770. The Bertz CT molecular complexity index is 480. The standard InChI is InChI=1S/C17H25Cl2NO2/c1-12(2)10-20(11-13(3)4)7-8-22-17(21)14-5-6-15(18)16(19)9-14/h5-6,9,12-13H,7-8,10-11H2,1-4H3. The van der Waals surface area contributed by atoms with Crippen LogP contribution in [-0.2, 0) is 4.74 Å². The lowest BCUT2D eigenvalue weighted by molar-refractivity contribution is 0.0450. The van der Waals surface area contributed by atoms with Gasteiger partial charge in [0, 0.05) is 19.6 Å². The van der Waals surface area contributed by atoms with Gasteiger partial charge in [-0.1, -0.05) is 50.9 Å². The highest BCUT2D eigenvalue weighted by atomic mass is 35.5. The summed E-state index contributed by atoms with van der Waals surface area (Å²) in [7, 11) is 0. The van der Waals surface area contributed by atoms with Crippen molar-refractivity contribution >= 4 is 29.2 Å². The van der Waals surface area contributed by atoms with Crippen molar-refractivity contribution < 1.29 is 9.53 Å². The van der Waals surface area contributed by atoms with E-state index in [2.05, 4.69) is 32.6 Å². The first-order valence-electron chi connectivity index (χ1n) is 7.64. The van der Waals surface area contributed by atoms with Gasteiger partial charge in [-0.2, -0.15) is 0 Å². The molecule has 22 heavy (non-hydrogen) atoms. The van der Waals surface area contributed by atoms with E-state index in [-0.39, 0.29) is 5.97 Å². The molecule has 0 saturated carbocycles. The van der Waals surface area contributed by atoms with Crippen LogP contribution in [0.2, 0.25) is 10.0 Å². The fraction of sp³-hybridized carbons (Fsp3) is 0.588. The first-order valence-corrected chi connectivity index (χ1v) is 8.39. The van der Waals surface area contributed by atoms with Crippen LogP contribution in [-0.4, -0.2) is 37.1 Å². The zero-order valence-corrected chi connectivity index (χ0v) is 15.2. The molecular weight excluding hydrogens is 321 g/mol. The van der Waals surface area contributed by atoms with Gasteiger partial charge >= 0.3 is 5.97 Å². The predicted molar refractivity (Wildman–Crippen MR) is 92.9 cm³/mol. The molecule has 0 fully saturated rings. The number of hydrogen-bond acceptors (Lipinski definition) is 3. The third-order valence-corrected chi connectivity index (χ3v) is 3.78. The molecule has 0 aromatic heterocycles. The summed E-state index contributed by atoms with van der Waals surface area (Å²) in [4.78, 5) is 14.3. The van der Waals surface area contributed by atoms with E-state index in [0.29, 0.717) is 34.1 Å². The van der Waals surface area contributed by atoms with E-state index in [1.54, 1.807) is 12.1 Å². The number of carbonyl (C=O) groups is 1. The van der Waals surface area contributed by atoms with E-state index in [0.717, 1.165) is 19.6 Å². The zero-order chi connectivity index (χ0) is 16.7. The van der Waals surface area contributed by atoms with Gasteiger partial charge in [0.15, 0.2) is 0 Å². The van der Waals surface area contributed by atoms with E-state index in [4.69, 9.17) is 27.9 Å². The third-order valence-electron chi connectivity index (χ3n) is 3.04. The monoisotopic (exact) mass is 345 g/mol. The number of nitrogens with zero attached hydrogens (tertiary/aromatic N) is 1. The molecular formula is C17H25Cl2NO2. The van der Waals surface area contributed by atoms with Gasteiger partial charge in [0.05, 0.1) is 15.6 Å². The number of ether oxygens (including phenoxy) is 1. The normalized spacial score (nSPS) is 11.5. The summed E-state index contributed by atoms with van der Waals surface area (Å²) in [5.41, 5.74) is 0.425. The van der Waals surface area contributed by atoms with Crippen molar-refractivity contribution in [3.63, 3.8) is 0 Å². The highest BCUT2D eigenvalue weighted by molar-refractivity contribution is 6.42. The van der Waals surface area contributed by atoms with Gasteiger partial charge in [0.1, 0.15) is 6.61 Å². The Kier molecular flexibility index (Phi) is 8.23. The average molecular weight is 346 g/mol. The zero-order valence-electron chi connectivity index (χ0n) is 13.7. The summed E-state index contributed by atoms with van der Waals surface area (Å²) in [6.07, 6.45) is 0. The van der Waals surface area contributed by atoms with Crippen molar-refractivity contribution in [2.24, 2.45) is 11.8 Å². The van der Waals surface area contributed by atoms with E-state index < -0.39 is 0 Å². The first-order chi connectivity index (χ1) is 10.3. The van der Waals surface area contributed by atoms with Gasteiger partial charge in [-0.3, -0.25) is 4.90 Å². The molecule has 5 heteroatoms. The molecule has 0 N–H and O–H groups in total. The topological polar surface area (TPSA) is 29.5 Å². The highest BCUT2D eigenvalue weighted by Gasteiger charge is 2.12. The maximum Gasteiger partial charge on any atom is 0.338 e. The minimum absolute atomic E-state index is 0.359. The molecule has 0 amide bonds. The second kappa shape index (κ2) is 9.39. The molecule has 0 radical (unpaired) electrons. The molecule has 0 aliphatic rings. The summed E-state index contributed by atoms with van der Waals surface area (Å²) < 4.78 is 5.33. The van der Waals surface area contributed by atoms with Crippen molar-refractivity contribution in [3.8, 4) is 0 Å². The molecule has 3 nitrogen and oxygen atoms in total. The van der Waals surface area contributed by atoms with Crippen LogP contribution in [0.1, 0.15) is 38.1 Å². The minimum Gasteiger partial charge on any atom is -0.461 e. The molecule has 0 aliphatic carbocycles. The second-order valence-electron chi connectivity index (χ2n) is 6.31. The Morgan fingerprint density at radius 1 is 1.09 bits per heavy atom. The van der Waals surface area contributed by atoms with Gasteiger partial charge in [0.2, 0.25) is 0 Å². The molecule has 0 spiro atoms. The van der Waals surface area contributed by atoms with Crippen LogP contribution in [0.4, 0.5) is 0 Å². The van der Waals surface area contributed by atoms with Crippen molar-refractivity contribution in [2.75, 3.05) is 26.2 Å². The molecule has 1 aromatic carbocycles. The number of esters is 1. The molecule has 0 atom stereocenters. The van der Waals surface area contributed by atoms with E-state index in [1.807, 2.05) is 0 Å². The molecule has 1 aromatic rings. The molecule has 1 rings (SSSR count). The van der Waals surface area contributed by atoms with Crippen LogP contribution >= 0.6 is 23.2 Å². The van der Waals surface area contributed by atoms with Gasteiger partial charge in [-0.25, -0.2) is 4.79 Å². The minimum atomic E-state index is -0.368. The van der Waals surface area contributed by atoms with Crippen LogP contribution in [0.25, 0.3) is 0 Å². The maximum atomic E-state index is 12.0.